The summed E-state index contributed by atoms with van der Waals surface area (Å²) in [7, 11) is 0. The standard InChI is InChI=1S/C51H91NO5/c1-4-7-10-13-16-19-21-23-25-27-29-32-35-38-41-44-51(56)57-47(42-39-36-33-31-28-26-24-22-20-17-14-11-8-5-2)45-50(55)52-48(46-53)49(54)43-40-37-34-30-18-15-12-9-6-3/h8,11,16-17,19-21,23-24,26,47-49,53-54H,4-7,9-10,12-15,18,22,25,27-46H2,1-3H3,(H,52,55)/b11-8+,19-16+,20-17+,23-21+,26-24+. The van der Waals surface area contributed by atoms with Gasteiger partial charge in [0, 0.05) is 6.42 Å². The van der Waals surface area contributed by atoms with Gasteiger partial charge in [-0.05, 0) is 83.5 Å². The van der Waals surface area contributed by atoms with Crippen molar-refractivity contribution in [3.8, 4) is 0 Å². The number of aliphatic hydroxyl groups excluding tert-OH is 2. The lowest BCUT2D eigenvalue weighted by Gasteiger charge is -2.24. The number of carbonyl (C=O) groups is 2. The van der Waals surface area contributed by atoms with Crippen LogP contribution in [0.4, 0.5) is 0 Å². The molecule has 0 aliphatic carbocycles. The largest absolute Gasteiger partial charge is 0.462 e. The molecule has 0 fully saturated rings. The van der Waals surface area contributed by atoms with Gasteiger partial charge < -0.3 is 20.3 Å². The first-order valence-corrected chi connectivity index (χ1v) is 24.0. The van der Waals surface area contributed by atoms with Gasteiger partial charge in [0.15, 0.2) is 0 Å². The average Bonchev–Trinajstić information content (AvgIpc) is 3.20. The van der Waals surface area contributed by atoms with E-state index in [4.69, 9.17) is 4.74 Å². The summed E-state index contributed by atoms with van der Waals surface area (Å²) in [6.07, 6.45) is 54.2. The molecule has 3 unspecified atom stereocenters. The number of unbranched alkanes of at least 4 members (excludes halogenated alkanes) is 21. The van der Waals surface area contributed by atoms with Crippen molar-refractivity contribution in [2.75, 3.05) is 6.61 Å². The second-order valence-electron chi connectivity index (χ2n) is 16.2. The maximum atomic E-state index is 13.1. The maximum Gasteiger partial charge on any atom is 0.306 e. The van der Waals surface area contributed by atoms with E-state index in [0.717, 1.165) is 96.3 Å². The molecule has 0 aliphatic heterocycles. The number of amides is 1. The number of rotatable bonds is 42. The third kappa shape index (κ3) is 40.1. The normalized spacial score (nSPS) is 13.8. The monoisotopic (exact) mass is 798 g/mol. The zero-order chi connectivity index (χ0) is 41.7. The minimum absolute atomic E-state index is 0.0561. The summed E-state index contributed by atoms with van der Waals surface area (Å²) in [5, 5.41) is 23.6. The third-order valence-electron chi connectivity index (χ3n) is 10.6. The van der Waals surface area contributed by atoms with Crippen molar-refractivity contribution in [2.24, 2.45) is 0 Å². The SMILES string of the molecule is CC/C=C/C/C=C/C/C=C/CCCCCCC(CC(=O)NC(CO)C(O)CCCCCCCCCCC)OC(=O)CCCCCCCC/C=C/C=C/CCCCC. The number of hydrogen-bond acceptors (Lipinski definition) is 5. The van der Waals surface area contributed by atoms with E-state index in [0.29, 0.717) is 19.3 Å². The van der Waals surface area contributed by atoms with Crippen LogP contribution in [-0.2, 0) is 14.3 Å². The van der Waals surface area contributed by atoms with Crippen molar-refractivity contribution in [1.29, 1.82) is 0 Å². The molecule has 6 nitrogen and oxygen atoms in total. The van der Waals surface area contributed by atoms with Crippen LogP contribution in [-0.4, -0.2) is 46.9 Å². The Morgan fingerprint density at radius 2 is 1.00 bits per heavy atom. The Hall–Kier alpha value is -2.44. The number of allylic oxidation sites excluding steroid dienone is 10. The van der Waals surface area contributed by atoms with Crippen LogP contribution in [0.5, 0.6) is 0 Å². The summed E-state index contributed by atoms with van der Waals surface area (Å²) >= 11 is 0. The zero-order valence-corrected chi connectivity index (χ0v) is 37.5. The molecule has 0 saturated carbocycles. The van der Waals surface area contributed by atoms with Gasteiger partial charge in [0.05, 0.1) is 25.2 Å². The van der Waals surface area contributed by atoms with Gasteiger partial charge in [0.2, 0.25) is 5.91 Å². The van der Waals surface area contributed by atoms with Crippen LogP contribution in [0, 0.1) is 0 Å². The van der Waals surface area contributed by atoms with Gasteiger partial charge in [-0.15, -0.1) is 0 Å². The lowest BCUT2D eigenvalue weighted by atomic mass is 10.0. The number of esters is 1. The summed E-state index contributed by atoms with van der Waals surface area (Å²) in [5.74, 6) is -0.512. The number of hydrogen-bond donors (Lipinski definition) is 3. The van der Waals surface area contributed by atoms with Crippen molar-refractivity contribution in [2.45, 2.75) is 244 Å². The Morgan fingerprint density at radius 1 is 0.544 bits per heavy atom. The summed E-state index contributed by atoms with van der Waals surface area (Å²) in [4.78, 5) is 26.0. The van der Waals surface area contributed by atoms with Gasteiger partial charge in [0.1, 0.15) is 6.10 Å². The molecular weight excluding hydrogens is 707 g/mol. The highest BCUT2D eigenvalue weighted by Gasteiger charge is 2.24. The van der Waals surface area contributed by atoms with Crippen molar-refractivity contribution in [1.82, 2.24) is 5.32 Å². The lowest BCUT2D eigenvalue weighted by molar-refractivity contribution is -0.151. The second kappa shape index (κ2) is 44.7. The van der Waals surface area contributed by atoms with E-state index in [9.17, 15) is 19.8 Å². The highest BCUT2D eigenvalue weighted by Crippen LogP contribution is 2.17. The number of carbonyl (C=O) groups excluding carboxylic acids is 2. The molecular formula is C51H91NO5. The highest BCUT2D eigenvalue weighted by atomic mass is 16.5. The van der Waals surface area contributed by atoms with E-state index >= 15 is 0 Å². The van der Waals surface area contributed by atoms with Gasteiger partial charge in [-0.3, -0.25) is 9.59 Å². The molecule has 0 spiro atoms. The first-order chi connectivity index (χ1) is 28.0. The van der Waals surface area contributed by atoms with Gasteiger partial charge in [-0.1, -0.05) is 191 Å². The quantitative estimate of drug-likeness (QED) is 0.0247. The summed E-state index contributed by atoms with van der Waals surface area (Å²) in [6.45, 7) is 6.30. The molecule has 0 rings (SSSR count). The van der Waals surface area contributed by atoms with Crippen LogP contribution in [0.15, 0.2) is 60.8 Å². The molecule has 6 heteroatoms. The number of ether oxygens (including phenoxy) is 1. The number of aliphatic hydroxyl groups is 2. The summed E-state index contributed by atoms with van der Waals surface area (Å²) in [5.41, 5.74) is 0. The van der Waals surface area contributed by atoms with Gasteiger partial charge >= 0.3 is 5.97 Å². The fourth-order valence-electron chi connectivity index (χ4n) is 6.96. The first-order valence-electron chi connectivity index (χ1n) is 24.0. The molecule has 0 bridgehead atoms. The molecule has 0 aromatic carbocycles. The maximum absolute atomic E-state index is 13.1. The minimum atomic E-state index is -0.795. The molecule has 330 valence electrons. The molecule has 0 radical (unpaired) electrons. The van der Waals surface area contributed by atoms with Crippen molar-refractivity contribution in [3.63, 3.8) is 0 Å². The molecule has 0 aromatic rings. The van der Waals surface area contributed by atoms with E-state index in [1.54, 1.807) is 0 Å². The zero-order valence-electron chi connectivity index (χ0n) is 37.5. The fraction of sp³-hybridized carbons (Fsp3) is 0.765. The van der Waals surface area contributed by atoms with E-state index in [1.807, 2.05) is 0 Å². The van der Waals surface area contributed by atoms with E-state index in [1.165, 1.54) is 83.5 Å². The fourth-order valence-corrected chi connectivity index (χ4v) is 6.96. The molecule has 3 atom stereocenters. The average molecular weight is 798 g/mol. The van der Waals surface area contributed by atoms with E-state index in [2.05, 4.69) is 86.8 Å². The van der Waals surface area contributed by atoms with Crippen LogP contribution in [0.1, 0.15) is 226 Å². The Labute approximate surface area is 352 Å². The second-order valence-corrected chi connectivity index (χ2v) is 16.2. The predicted molar refractivity (Wildman–Crippen MR) is 245 cm³/mol. The summed E-state index contributed by atoms with van der Waals surface area (Å²) < 4.78 is 5.90. The smallest absolute Gasteiger partial charge is 0.306 e. The predicted octanol–water partition coefficient (Wildman–Crippen LogP) is 14.1. The topological polar surface area (TPSA) is 95.9 Å². The Morgan fingerprint density at radius 3 is 1.58 bits per heavy atom. The van der Waals surface area contributed by atoms with Crippen molar-refractivity contribution in [3.05, 3.63) is 60.8 Å². The highest BCUT2D eigenvalue weighted by molar-refractivity contribution is 5.77. The Balaban J connectivity index is 4.66. The van der Waals surface area contributed by atoms with Crippen molar-refractivity contribution >= 4 is 11.9 Å². The van der Waals surface area contributed by atoms with Crippen molar-refractivity contribution < 1.29 is 24.5 Å². The molecule has 0 aromatic heterocycles. The van der Waals surface area contributed by atoms with E-state index < -0.39 is 18.2 Å². The van der Waals surface area contributed by atoms with Crippen LogP contribution in [0.2, 0.25) is 0 Å². The van der Waals surface area contributed by atoms with Crippen LogP contribution in [0.25, 0.3) is 0 Å². The summed E-state index contributed by atoms with van der Waals surface area (Å²) in [6, 6.07) is -0.711. The molecule has 3 N–H and O–H groups in total. The first kappa shape index (κ1) is 54.6. The lowest BCUT2D eigenvalue weighted by Crippen LogP contribution is -2.46. The van der Waals surface area contributed by atoms with Gasteiger partial charge in [-0.25, -0.2) is 0 Å². The Kier molecular flexibility index (Phi) is 42.7. The Bertz CT molecular complexity index is 1030. The van der Waals surface area contributed by atoms with Crippen LogP contribution < -0.4 is 5.32 Å². The van der Waals surface area contributed by atoms with Gasteiger partial charge in [-0.2, -0.15) is 0 Å². The number of nitrogens with one attached hydrogen (secondary N) is 1. The van der Waals surface area contributed by atoms with E-state index in [-0.39, 0.29) is 24.9 Å². The van der Waals surface area contributed by atoms with Crippen LogP contribution >= 0.6 is 0 Å². The third-order valence-corrected chi connectivity index (χ3v) is 10.6. The van der Waals surface area contributed by atoms with Gasteiger partial charge in [0.25, 0.3) is 0 Å². The molecule has 57 heavy (non-hydrogen) atoms. The molecule has 0 aliphatic rings. The minimum Gasteiger partial charge on any atom is -0.462 e. The molecule has 0 heterocycles. The molecule has 1 amide bonds. The molecule has 0 saturated heterocycles. The van der Waals surface area contributed by atoms with Crippen LogP contribution in [0.3, 0.4) is 0 Å².